The van der Waals surface area contributed by atoms with Crippen LogP contribution in [0.2, 0.25) is 0 Å². The maximum Gasteiger partial charge on any atom is 0.290 e. The molecule has 0 aliphatic carbocycles. The predicted octanol–water partition coefficient (Wildman–Crippen LogP) is 0.277. The van der Waals surface area contributed by atoms with E-state index in [2.05, 4.69) is 15.5 Å². The Balaban J connectivity index is 2.53. The van der Waals surface area contributed by atoms with Gasteiger partial charge in [0.1, 0.15) is 5.82 Å². The number of aromatic nitrogens is 3. The van der Waals surface area contributed by atoms with Gasteiger partial charge in [-0.2, -0.15) is 0 Å². The van der Waals surface area contributed by atoms with Crippen LogP contribution in [0.25, 0.3) is 0 Å². The number of nitrogens with zero attached hydrogens (tertiary/aromatic N) is 3. The molecule has 13 heavy (non-hydrogen) atoms. The maximum absolute atomic E-state index is 11.2. The average Bonchev–Trinajstić information content (AvgIpc) is 2.51. The molecule has 5 nitrogen and oxygen atoms in total. The summed E-state index contributed by atoms with van der Waals surface area (Å²) in [4.78, 5) is 11.2. The van der Waals surface area contributed by atoms with Crippen LogP contribution in [0.15, 0.2) is 0 Å². The van der Waals surface area contributed by atoms with Crippen molar-refractivity contribution in [3.8, 4) is 0 Å². The molecule has 2 heterocycles. The van der Waals surface area contributed by atoms with Crippen LogP contribution < -0.4 is 5.32 Å². The van der Waals surface area contributed by atoms with Crippen LogP contribution in [0.4, 0.5) is 0 Å². The minimum Gasteiger partial charge on any atom is -0.331 e. The summed E-state index contributed by atoms with van der Waals surface area (Å²) >= 11 is 0. The molecule has 0 aromatic carbocycles. The summed E-state index contributed by atoms with van der Waals surface area (Å²) in [5.41, 5.74) is -0.0719. The quantitative estimate of drug-likeness (QED) is 0.623. The van der Waals surface area contributed by atoms with E-state index in [0.717, 1.165) is 5.82 Å². The van der Waals surface area contributed by atoms with Gasteiger partial charge in [-0.3, -0.25) is 9.36 Å². The molecule has 1 aliphatic heterocycles. The molecule has 1 aromatic rings. The van der Waals surface area contributed by atoms with Crippen molar-refractivity contribution in [2.75, 3.05) is 0 Å². The van der Waals surface area contributed by atoms with E-state index in [4.69, 9.17) is 0 Å². The predicted molar refractivity (Wildman–Crippen MR) is 46.2 cm³/mol. The molecule has 1 N–H and O–H groups in total. The van der Waals surface area contributed by atoms with Gasteiger partial charge in [0.2, 0.25) is 5.82 Å². The largest absolute Gasteiger partial charge is 0.331 e. The van der Waals surface area contributed by atoms with E-state index in [9.17, 15) is 4.79 Å². The average molecular weight is 180 g/mol. The summed E-state index contributed by atoms with van der Waals surface area (Å²) in [6.07, 6.45) is 0. The fourth-order valence-corrected chi connectivity index (χ4v) is 1.41. The zero-order valence-corrected chi connectivity index (χ0v) is 7.96. The van der Waals surface area contributed by atoms with Crippen LogP contribution in [-0.4, -0.2) is 20.7 Å². The third-order valence-electron chi connectivity index (χ3n) is 2.02. The van der Waals surface area contributed by atoms with E-state index in [1.54, 1.807) is 0 Å². The number of fused-ring (bicyclic) bond motifs is 1. The number of hydrogen-bond donors (Lipinski definition) is 1. The van der Waals surface area contributed by atoms with Crippen LogP contribution >= 0.6 is 0 Å². The van der Waals surface area contributed by atoms with Gasteiger partial charge in [-0.1, -0.05) is 20.8 Å². The number of nitrogens with one attached hydrogen (secondary N) is 1. The van der Waals surface area contributed by atoms with Crippen molar-refractivity contribution >= 4 is 5.91 Å². The lowest BCUT2D eigenvalue weighted by molar-refractivity contribution is 0.0960. The minimum absolute atomic E-state index is 0.0719. The van der Waals surface area contributed by atoms with Crippen LogP contribution in [-0.2, 0) is 12.1 Å². The van der Waals surface area contributed by atoms with Gasteiger partial charge in [0.25, 0.3) is 5.91 Å². The van der Waals surface area contributed by atoms with Crippen molar-refractivity contribution in [2.45, 2.75) is 32.9 Å². The first kappa shape index (κ1) is 8.22. The molecular weight excluding hydrogens is 168 g/mol. The number of carbonyl (C=O) groups excluding carboxylic acids is 1. The standard InChI is InChI=1S/C8H12N4O/c1-8(2,3)7-11-10-5-6(13)9-4-12(5)7/h4H2,1-3H3,(H,9,13). The zero-order valence-electron chi connectivity index (χ0n) is 7.96. The molecule has 5 heteroatoms. The van der Waals surface area contributed by atoms with Crippen LogP contribution in [0, 0.1) is 0 Å². The number of carbonyl (C=O) groups is 1. The first-order chi connectivity index (χ1) is 6.00. The molecular formula is C8H12N4O. The zero-order chi connectivity index (χ0) is 9.64. The molecule has 1 amide bonds. The Hall–Kier alpha value is -1.39. The van der Waals surface area contributed by atoms with E-state index in [0.29, 0.717) is 12.5 Å². The van der Waals surface area contributed by atoms with E-state index in [-0.39, 0.29) is 11.3 Å². The molecule has 2 rings (SSSR count). The molecule has 0 unspecified atom stereocenters. The number of hydrogen-bond acceptors (Lipinski definition) is 3. The van der Waals surface area contributed by atoms with Crippen LogP contribution in [0.5, 0.6) is 0 Å². The molecule has 0 bridgehead atoms. The highest BCUT2D eigenvalue weighted by Crippen LogP contribution is 2.22. The monoisotopic (exact) mass is 180 g/mol. The molecule has 1 aliphatic rings. The Labute approximate surface area is 76.2 Å². The van der Waals surface area contributed by atoms with E-state index < -0.39 is 0 Å². The van der Waals surface area contributed by atoms with Crippen LogP contribution in [0.1, 0.15) is 37.2 Å². The highest BCUT2D eigenvalue weighted by Gasteiger charge is 2.30. The lowest BCUT2D eigenvalue weighted by Gasteiger charge is -2.16. The van der Waals surface area contributed by atoms with Crippen molar-refractivity contribution in [1.29, 1.82) is 0 Å². The summed E-state index contributed by atoms with van der Waals surface area (Å²) in [7, 11) is 0. The number of amides is 1. The van der Waals surface area contributed by atoms with Gasteiger partial charge in [0.05, 0.1) is 6.67 Å². The van der Waals surface area contributed by atoms with Gasteiger partial charge in [-0.25, -0.2) is 0 Å². The topological polar surface area (TPSA) is 59.8 Å². The smallest absolute Gasteiger partial charge is 0.290 e. The lowest BCUT2D eigenvalue weighted by atomic mass is 9.96. The van der Waals surface area contributed by atoms with Crippen molar-refractivity contribution in [1.82, 2.24) is 20.1 Å². The van der Waals surface area contributed by atoms with Gasteiger partial charge < -0.3 is 5.32 Å². The molecule has 0 saturated heterocycles. The Morgan fingerprint density at radius 1 is 1.38 bits per heavy atom. The normalized spacial score (nSPS) is 15.8. The fourth-order valence-electron chi connectivity index (χ4n) is 1.41. The Morgan fingerprint density at radius 3 is 2.69 bits per heavy atom. The van der Waals surface area contributed by atoms with E-state index in [1.807, 2.05) is 25.3 Å². The summed E-state index contributed by atoms with van der Waals surface area (Å²) in [6, 6.07) is 0. The highest BCUT2D eigenvalue weighted by atomic mass is 16.2. The Bertz CT molecular complexity index is 361. The van der Waals surface area contributed by atoms with Crippen molar-refractivity contribution in [2.24, 2.45) is 0 Å². The fraction of sp³-hybridized carbons (Fsp3) is 0.625. The molecule has 0 spiro atoms. The second kappa shape index (κ2) is 2.31. The minimum atomic E-state index is -0.136. The summed E-state index contributed by atoms with van der Waals surface area (Å²) in [6.45, 7) is 6.64. The van der Waals surface area contributed by atoms with Gasteiger partial charge >= 0.3 is 0 Å². The van der Waals surface area contributed by atoms with Gasteiger partial charge in [0.15, 0.2) is 0 Å². The van der Waals surface area contributed by atoms with Gasteiger partial charge in [0, 0.05) is 5.41 Å². The maximum atomic E-state index is 11.2. The molecule has 0 atom stereocenters. The first-order valence-corrected chi connectivity index (χ1v) is 4.22. The van der Waals surface area contributed by atoms with Crippen molar-refractivity contribution < 1.29 is 4.79 Å². The van der Waals surface area contributed by atoms with Crippen molar-refractivity contribution in [3.63, 3.8) is 0 Å². The highest BCUT2D eigenvalue weighted by molar-refractivity contribution is 5.92. The second-order valence-electron chi connectivity index (χ2n) is 4.19. The molecule has 0 saturated carbocycles. The Kier molecular flexibility index (Phi) is 1.46. The SMILES string of the molecule is CC(C)(C)c1nnc2n1CNC2=O. The van der Waals surface area contributed by atoms with Gasteiger partial charge in [-0.05, 0) is 0 Å². The molecule has 0 radical (unpaired) electrons. The molecule has 1 aromatic heterocycles. The third-order valence-corrected chi connectivity index (χ3v) is 2.02. The summed E-state index contributed by atoms with van der Waals surface area (Å²) in [5.74, 6) is 1.13. The molecule has 70 valence electrons. The van der Waals surface area contributed by atoms with Crippen LogP contribution in [0.3, 0.4) is 0 Å². The van der Waals surface area contributed by atoms with E-state index >= 15 is 0 Å². The summed E-state index contributed by atoms with van der Waals surface area (Å²) < 4.78 is 1.82. The molecule has 0 fully saturated rings. The lowest BCUT2D eigenvalue weighted by Crippen LogP contribution is -2.21. The summed E-state index contributed by atoms with van der Waals surface area (Å²) in [5, 5.41) is 10.6. The van der Waals surface area contributed by atoms with E-state index in [1.165, 1.54) is 0 Å². The van der Waals surface area contributed by atoms with Gasteiger partial charge in [-0.15, -0.1) is 10.2 Å². The second-order valence-corrected chi connectivity index (χ2v) is 4.19. The number of rotatable bonds is 0. The van der Waals surface area contributed by atoms with Crippen molar-refractivity contribution in [3.05, 3.63) is 11.6 Å². The Morgan fingerprint density at radius 2 is 2.08 bits per heavy atom. The first-order valence-electron chi connectivity index (χ1n) is 4.22. The third kappa shape index (κ3) is 1.11.